The van der Waals surface area contributed by atoms with Crippen LogP contribution >= 0.6 is 11.6 Å². The maximum atomic E-state index is 6.43. The van der Waals surface area contributed by atoms with Gasteiger partial charge < -0.3 is 10.1 Å². The van der Waals surface area contributed by atoms with E-state index in [2.05, 4.69) is 25.2 Å². The minimum Gasteiger partial charge on any atom is -0.369 e. The Hall–Kier alpha value is -0.570. The van der Waals surface area contributed by atoms with Crippen molar-refractivity contribution in [1.29, 1.82) is 0 Å². The lowest BCUT2D eigenvalue weighted by Gasteiger charge is -2.31. The van der Waals surface area contributed by atoms with Crippen molar-refractivity contribution in [2.24, 2.45) is 5.92 Å². The summed E-state index contributed by atoms with van der Waals surface area (Å²) in [5.41, 5.74) is 1.11. The molecule has 1 aromatic rings. The quantitative estimate of drug-likeness (QED) is 0.717. The molecule has 1 aliphatic carbocycles. The number of nitrogens with one attached hydrogen (secondary N) is 1. The lowest BCUT2D eigenvalue weighted by atomic mass is 9.88. The van der Waals surface area contributed by atoms with Crippen molar-refractivity contribution in [3.8, 4) is 0 Å². The van der Waals surface area contributed by atoms with E-state index in [1.807, 2.05) is 18.2 Å². The van der Waals surface area contributed by atoms with Crippen LogP contribution in [0.5, 0.6) is 0 Å². The SMILES string of the molecule is CCCNCC(OC1CCCC(C)C1)c1ccccc1Cl. The van der Waals surface area contributed by atoms with Crippen molar-refractivity contribution in [2.45, 2.75) is 58.2 Å². The zero-order valence-electron chi connectivity index (χ0n) is 13.3. The molecule has 0 aromatic heterocycles. The summed E-state index contributed by atoms with van der Waals surface area (Å²) >= 11 is 6.37. The summed E-state index contributed by atoms with van der Waals surface area (Å²) in [6, 6.07) is 8.06. The van der Waals surface area contributed by atoms with Crippen molar-refractivity contribution < 1.29 is 4.74 Å². The van der Waals surface area contributed by atoms with E-state index < -0.39 is 0 Å². The number of halogens is 1. The summed E-state index contributed by atoms with van der Waals surface area (Å²) in [5.74, 6) is 0.777. The van der Waals surface area contributed by atoms with Crippen LogP contribution in [0.1, 0.15) is 57.6 Å². The van der Waals surface area contributed by atoms with E-state index in [4.69, 9.17) is 16.3 Å². The topological polar surface area (TPSA) is 21.3 Å². The first-order valence-electron chi connectivity index (χ1n) is 8.31. The van der Waals surface area contributed by atoms with Crippen LogP contribution in [0.2, 0.25) is 5.02 Å². The second kappa shape index (κ2) is 8.77. The molecule has 2 rings (SSSR count). The number of ether oxygens (including phenoxy) is 1. The summed E-state index contributed by atoms with van der Waals surface area (Å²) in [7, 11) is 0. The number of hydrogen-bond acceptors (Lipinski definition) is 2. The van der Waals surface area contributed by atoms with Crippen molar-refractivity contribution >= 4 is 11.6 Å². The van der Waals surface area contributed by atoms with Gasteiger partial charge in [-0.05, 0) is 37.8 Å². The third kappa shape index (κ3) is 5.28. The molecular formula is C18H28ClNO. The van der Waals surface area contributed by atoms with Gasteiger partial charge in [0, 0.05) is 17.1 Å². The van der Waals surface area contributed by atoms with Crippen LogP contribution in [-0.4, -0.2) is 19.2 Å². The standard InChI is InChI=1S/C18H28ClNO/c1-3-11-20-13-18(16-9-4-5-10-17(16)19)21-15-8-6-7-14(2)12-15/h4-5,9-10,14-15,18,20H,3,6-8,11-13H2,1-2H3. The lowest BCUT2D eigenvalue weighted by molar-refractivity contribution is -0.0394. The summed E-state index contributed by atoms with van der Waals surface area (Å²) in [6.07, 6.45) is 6.54. The minimum atomic E-state index is 0.0561. The normalized spacial score (nSPS) is 24.0. The van der Waals surface area contributed by atoms with Gasteiger partial charge in [-0.3, -0.25) is 0 Å². The molecule has 2 nitrogen and oxygen atoms in total. The van der Waals surface area contributed by atoms with Crippen LogP contribution in [0, 0.1) is 5.92 Å². The Morgan fingerprint density at radius 1 is 1.33 bits per heavy atom. The number of hydrogen-bond donors (Lipinski definition) is 1. The highest BCUT2D eigenvalue weighted by Crippen LogP contribution is 2.32. The zero-order chi connectivity index (χ0) is 15.1. The summed E-state index contributed by atoms with van der Waals surface area (Å²) in [4.78, 5) is 0. The van der Waals surface area contributed by atoms with Crippen molar-refractivity contribution in [3.05, 3.63) is 34.9 Å². The highest BCUT2D eigenvalue weighted by molar-refractivity contribution is 6.31. The second-order valence-electron chi connectivity index (χ2n) is 6.24. The largest absolute Gasteiger partial charge is 0.369 e. The van der Waals surface area contributed by atoms with Crippen molar-refractivity contribution in [2.75, 3.05) is 13.1 Å². The lowest BCUT2D eigenvalue weighted by Crippen LogP contribution is -2.30. The monoisotopic (exact) mass is 309 g/mol. The summed E-state index contributed by atoms with van der Waals surface area (Å²) in [5, 5.41) is 4.29. The second-order valence-corrected chi connectivity index (χ2v) is 6.65. The van der Waals surface area contributed by atoms with Gasteiger partial charge in [-0.1, -0.05) is 56.5 Å². The molecule has 3 atom stereocenters. The Bertz CT molecular complexity index is 423. The van der Waals surface area contributed by atoms with Crippen LogP contribution < -0.4 is 5.32 Å². The smallest absolute Gasteiger partial charge is 0.0967 e. The molecule has 0 radical (unpaired) electrons. The van der Waals surface area contributed by atoms with Gasteiger partial charge in [-0.15, -0.1) is 0 Å². The Morgan fingerprint density at radius 2 is 2.14 bits per heavy atom. The molecule has 1 saturated carbocycles. The van der Waals surface area contributed by atoms with E-state index in [0.717, 1.165) is 36.0 Å². The third-order valence-corrected chi connectivity index (χ3v) is 4.60. The summed E-state index contributed by atoms with van der Waals surface area (Å²) in [6.45, 7) is 6.37. The predicted octanol–water partition coefficient (Wildman–Crippen LogP) is 4.98. The molecule has 1 aliphatic rings. The van der Waals surface area contributed by atoms with Gasteiger partial charge in [0.15, 0.2) is 0 Å². The van der Waals surface area contributed by atoms with Crippen LogP contribution in [-0.2, 0) is 4.74 Å². The third-order valence-electron chi connectivity index (χ3n) is 4.25. The molecule has 0 spiro atoms. The van der Waals surface area contributed by atoms with Crippen LogP contribution in [0.25, 0.3) is 0 Å². The average Bonchev–Trinajstić information content (AvgIpc) is 2.47. The molecule has 0 heterocycles. The van der Waals surface area contributed by atoms with Crippen LogP contribution in [0.3, 0.4) is 0 Å². The maximum absolute atomic E-state index is 6.43. The van der Waals surface area contributed by atoms with Gasteiger partial charge in [-0.25, -0.2) is 0 Å². The molecule has 1 fully saturated rings. The summed E-state index contributed by atoms with van der Waals surface area (Å²) < 4.78 is 6.43. The fraction of sp³-hybridized carbons (Fsp3) is 0.667. The first kappa shape index (κ1) is 16.8. The molecule has 3 heteroatoms. The number of benzene rings is 1. The zero-order valence-corrected chi connectivity index (χ0v) is 14.0. The van der Waals surface area contributed by atoms with Gasteiger partial charge in [0.1, 0.15) is 0 Å². The molecule has 3 unspecified atom stereocenters. The molecule has 118 valence electrons. The molecular weight excluding hydrogens is 282 g/mol. The van der Waals surface area contributed by atoms with E-state index >= 15 is 0 Å². The average molecular weight is 310 g/mol. The highest BCUT2D eigenvalue weighted by Gasteiger charge is 2.24. The molecule has 21 heavy (non-hydrogen) atoms. The Balaban J connectivity index is 2.03. The van der Waals surface area contributed by atoms with Gasteiger partial charge >= 0.3 is 0 Å². The molecule has 0 amide bonds. The van der Waals surface area contributed by atoms with Crippen LogP contribution in [0.15, 0.2) is 24.3 Å². The number of rotatable bonds is 7. The Kier molecular flexibility index (Phi) is 7.01. The first-order valence-corrected chi connectivity index (χ1v) is 8.69. The minimum absolute atomic E-state index is 0.0561. The molecule has 1 N–H and O–H groups in total. The van der Waals surface area contributed by atoms with E-state index in [9.17, 15) is 0 Å². The van der Waals surface area contributed by atoms with Gasteiger partial charge in [-0.2, -0.15) is 0 Å². The fourth-order valence-corrected chi connectivity index (χ4v) is 3.37. The fourth-order valence-electron chi connectivity index (χ4n) is 3.11. The Labute approximate surface area is 134 Å². The van der Waals surface area contributed by atoms with Crippen LogP contribution in [0.4, 0.5) is 0 Å². The molecule has 0 bridgehead atoms. The predicted molar refractivity (Wildman–Crippen MR) is 89.9 cm³/mol. The van der Waals surface area contributed by atoms with Gasteiger partial charge in [0.2, 0.25) is 0 Å². The molecule has 1 aromatic carbocycles. The van der Waals surface area contributed by atoms with Crippen molar-refractivity contribution in [3.63, 3.8) is 0 Å². The van der Waals surface area contributed by atoms with E-state index in [1.165, 1.54) is 25.7 Å². The van der Waals surface area contributed by atoms with E-state index in [1.54, 1.807) is 0 Å². The molecule has 0 aliphatic heterocycles. The molecule has 0 saturated heterocycles. The highest BCUT2D eigenvalue weighted by atomic mass is 35.5. The first-order chi connectivity index (χ1) is 10.2. The van der Waals surface area contributed by atoms with E-state index in [-0.39, 0.29) is 6.10 Å². The van der Waals surface area contributed by atoms with Crippen molar-refractivity contribution in [1.82, 2.24) is 5.32 Å². The Morgan fingerprint density at radius 3 is 2.86 bits per heavy atom. The van der Waals surface area contributed by atoms with E-state index in [0.29, 0.717) is 6.10 Å². The van der Waals surface area contributed by atoms with Gasteiger partial charge in [0.25, 0.3) is 0 Å². The maximum Gasteiger partial charge on any atom is 0.0967 e. The van der Waals surface area contributed by atoms with Gasteiger partial charge in [0.05, 0.1) is 12.2 Å².